The van der Waals surface area contributed by atoms with Crippen LogP contribution in [0.25, 0.3) is 0 Å². The predicted octanol–water partition coefficient (Wildman–Crippen LogP) is 3.68. The summed E-state index contributed by atoms with van der Waals surface area (Å²) in [5.74, 6) is -0.703. The molecule has 1 atom stereocenters. The van der Waals surface area contributed by atoms with Crippen LogP contribution in [0.2, 0.25) is 0 Å². The van der Waals surface area contributed by atoms with Crippen molar-refractivity contribution in [2.45, 2.75) is 51.1 Å². The molecule has 1 aliphatic heterocycles. The van der Waals surface area contributed by atoms with Crippen molar-refractivity contribution in [1.82, 2.24) is 4.90 Å². The number of hydrogen-bond donors (Lipinski definition) is 1. The molecule has 2 fully saturated rings. The number of hydrogen-bond acceptors (Lipinski definition) is 2. The first-order valence-electron chi connectivity index (χ1n) is 7.91. The lowest BCUT2D eigenvalue weighted by Crippen LogP contribution is -2.34. The maximum Gasteiger partial charge on any atom is 0.335 e. The summed E-state index contributed by atoms with van der Waals surface area (Å²) in [7, 11) is 0. The van der Waals surface area contributed by atoms with Gasteiger partial charge in [0.1, 0.15) is 5.82 Å². The van der Waals surface area contributed by atoms with E-state index in [1.807, 2.05) is 0 Å². The second-order valence-electron chi connectivity index (χ2n) is 6.34. The highest BCUT2D eigenvalue weighted by Gasteiger charge is 2.33. The fourth-order valence-electron chi connectivity index (χ4n) is 3.95. The van der Waals surface area contributed by atoms with Gasteiger partial charge in [-0.15, -0.1) is 0 Å². The van der Waals surface area contributed by atoms with Crippen LogP contribution < -0.4 is 0 Å². The molecule has 1 saturated heterocycles. The van der Waals surface area contributed by atoms with Gasteiger partial charge in [-0.2, -0.15) is 0 Å². The van der Waals surface area contributed by atoms with E-state index in [2.05, 4.69) is 4.90 Å². The molecule has 2 aliphatic rings. The van der Waals surface area contributed by atoms with Gasteiger partial charge in [-0.05, 0) is 50.3 Å². The van der Waals surface area contributed by atoms with Crippen molar-refractivity contribution in [3.8, 4) is 0 Å². The van der Waals surface area contributed by atoms with Crippen molar-refractivity contribution in [2.75, 3.05) is 6.54 Å². The summed E-state index contributed by atoms with van der Waals surface area (Å²) < 4.78 is 14.1. The van der Waals surface area contributed by atoms with Crippen LogP contribution in [0.15, 0.2) is 18.2 Å². The van der Waals surface area contributed by atoms with Crippen LogP contribution in [0.1, 0.15) is 54.4 Å². The number of nitrogens with zero attached hydrogens (tertiary/aromatic N) is 1. The summed E-state index contributed by atoms with van der Waals surface area (Å²) in [5.41, 5.74) is 0.634. The molecule has 0 aromatic heterocycles. The summed E-state index contributed by atoms with van der Waals surface area (Å²) >= 11 is 0. The molecule has 1 aromatic carbocycles. The third-order valence-corrected chi connectivity index (χ3v) is 5.03. The minimum absolute atomic E-state index is 0.0185. The summed E-state index contributed by atoms with van der Waals surface area (Å²) in [5, 5.41) is 8.89. The fraction of sp³-hybridized carbons (Fsp3) is 0.588. The third-order valence-electron chi connectivity index (χ3n) is 5.03. The van der Waals surface area contributed by atoms with E-state index < -0.39 is 11.8 Å². The number of halogens is 1. The first-order chi connectivity index (χ1) is 10.1. The number of aromatic carboxylic acids is 1. The minimum Gasteiger partial charge on any atom is -0.478 e. The lowest BCUT2D eigenvalue weighted by molar-refractivity contribution is 0.0696. The van der Waals surface area contributed by atoms with Gasteiger partial charge in [0.25, 0.3) is 0 Å². The summed E-state index contributed by atoms with van der Waals surface area (Å²) in [6.07, 6.45) is 7.69. The van der Waals surface area contributed by atoms with Crippen molar-refractivity contribution in [1.29, 1.82) is 0 Å². The van der Waals surface area contributed by atoms with Gasteiger partial charge in [0.05, 0.1) is 5.56 Å². The average Bonchev–Trinajstić information content (AvgIpc) is 3.11. The Morgan fingerprint density at radius 1 is 1.24 bits per heavy atom. The Bertz CT molecular complexity index is 526. The molecular formula is C17H22FNO2. The van der Waals surface area contributed by atoms with Gasteiger partial charge >= 0.3 is 5.97 Å². The van der Waals surface area contributed by atoms with E-state index in [0.29, 0.717) is 18.2 Å². The van der Waals surface area contributed by atoms with E-state index in [9.17, 15) is 9.18 Å². The van der Waals surface area contributed by atoms with Crippen molar-refractivity contribution < 1.29 is 14.3 Å². The van der Waals surface area contributed by atoms with E-state index in [4.69, 9.17) is 5.11 Å². The Labute approximate surface area is 124 Å². The Hall–Kier alpha value is -1.42. The highest BCUT2D eigenvalue weighted by molar-refractivity contribution is 5.87. The summed E-state index contributed by atoms with van der Waals surface area (Å²) in [6, 6.07) is 4.86. The highest BCUT2D eigenvalue weighted by Crippen LogP contribution is 2.36. The summed E-state index contributed by atoms with van der Waals surface area (Å²) in [6.45, 7) is 1.63. The molecule has 0 radical (unpaired) electrons. The van der Waals surface area contributed by atoms with E-state index in [1.165, 1.54) is 44.6 Å². The Kier molecular flexibility index (Phi) is 4.24. The van der Waals surface area contributed by atoms with Crippen LogP contribution >= 0.6 is 0 Å². The normalized spacial score (nSPS) is 23.8. The largest absolute Gasteiger partial charge is 0.478 e. The van der Waals surface area contributed by atoms with Crippen LogP contribution in [-0.4, -0.2) is 28.6 Å². The molecule has 1 N–H and O–H groups in total. The first kappa shape index (κ1) is 14.5. The quantitative estimate of drug-likeness (QED) is 0.920. The molecular weight excluding hydrogens is 269 g/mol. The number of carboxylic acids is 1. The molecule has 3 rings (SSSR count). The van der Waals surface area contributed by atoms with Gasteiger partial charge in [-0.3, -0.25) is 4.90 Å². The van der Waals surface area contributed by atoms with E-state index in [1.54, 1.807) is 6.07 Å². The van der Waals surface area contributed by atoms with Gasteiger partial charge in [-0.25, -0.2) is 9.18 Å². The van der Waals surface area contributed by atoms with Crippen LogP contribution in [0.4, 0.5) is 4.39 Å². The molecule has 1 unspecified atom stereocenters. The lowest BCUT2D eigenvalue weighted by Gasteiger charge is -2.29. The molecule has 0 spiro atoms. The fourth-order valence-corrected chi connectivity index (χ4v) is 3.95. The van der Waals surface area contributed by atoms with E-state index in [-0.39, 0.29) is 5.56 Å². The maximum absolute atomic E-state index is 14.1. The molecule has 1 aromatic rings. The highest BCUT2D eigenvalue weighted by atomic mass is 19.1. The molecule has 0 amide bonds. The number of likely N-dealkylation sites (tertiary alicyclic amines) is 1. The van der Waals surface area contributed by atoms with Gasteiger partial charge < -0.3 is 5.11 Å². The Morgan fingerprint density at radius 2 is 2.00 bits per heavy atom. The number of carbonyl (C=O) groups is 1. The topological polar surface area (TPSA) is 40.5 Å². The average molecular weight is 291 g/mol. The zero-order chi connectivity index (χ0) is 14.8. The second kappa shape index (κ2) is 6.14. The van der Waals surface area contributed by atoms with Crippen LogP contribution in [0.5, 0.6) is 0 Å². The molecule has 3 nitrogen and oxygen atoms in total. The standard InChI is InChI=1S/C17H22FNO2/c18-15-10-13(17(20)21)7-8-14(15)11-19-9-3-6-16(19)12-4-1-2-5-12/h7-8,10,12,16H,1-6,9,11H2,(H,20,21). The van der Waals surface area contributed by atoms with Crippen LogP contribution in [0, 0.1) is 11.7 Å². The molecule has 1 heterocycles. The third kappa shape index (κ3) is 3.10. The molecule has 1 aliphatic carbocycles. The number of rotatable bonds is 4. The maximum atomic E-state index is 14.1. The second-order valence-corrected chi connectivity index (χ2v) is 6.34. The SMILES string of the molecule is O=C(O)c1ccc(CN2CCCC2C2CCCC2)c(F)c1. The van der Waals surface area contributed by atoms with Crippen molar-refractivity contribution in [2.24, 2.45) is 5.92 Å². The van der Waals surface area contributed by atoms with Crippen LogP contribution in [0.3, 0.4) is 0 Å². The Balaban J connectivity index is 1.71. The molecule has 114 valence electrons. The zero-order valence-corrected chi connectivity index (χ0v) is 12.2. The monoisotopic (exact) mass is 291 g/mol. The summed E-state index contributed by atoms with van der Waals surface area (Å²) in [4.78, 5) is 13.3. The van der Waals surface area contributed by atoms with Gasteiger partial charge in [0.2, 0.25) is 0 Å². The van der Waals surface area contributed by atoms with E-state index >= 15 is 0 Å². The zero-order valence-electron chi connectivity index (χ0n) is 12.2. The van der Waals surface area contributed by atoms with E-state index in [0.717, 1.165) is 18.5 Å². The molecule has 0 bridgehead atoms. The van der Waals surface area contributed by atoms with Crippen molar-refractivity contribution in [3.63, 3.8) is 0 Å². The van der Waals surface area contributed by atoms with Gasteiger partial charge in [0.15, 0.2) is 0 Å². The smallest absolute Gasteiger partial charge is 0.335 e. The Morgan fingerprint density at radius 3 is 2.67 bits per heavy atom. The van der Waals surface area contributed by atoms with Gasteiger partial charge in [-0.1, -0.05) is 18.9 Å². The molecule has 4 heteroatoms. The van der Waals surface area contributed by atoms with Gasteiger partial charge in [0, 0.05) is 18.2 Å². The minimum atomic E-state index is -1.08. The van der Waals surface area contributed by atoms with Crippen molar-refractivity contribution in [3.05, 3.63) is 35.1 Å². The number of carboxylic acid groups (broad SMARTS) is 1. The number of benzene rings is 1. The first-order valence-corrected chi connectivity index (χ1v) is 7.91. The molecule has 21 heavy (non-hydrogen) atoms. The van der Waals surface area contributed by atoms with Crippen LogP contribution in [-0.2, 0) is 6.54 Å². The predicted molar refractivity (Wildman–Crippen MR) is 78.7 cm³/mol. The molecule has 1 saturated carbocycles. The van der Waals surface area contributed by atoms with Crippen molar-refractivity contribution >= 4 is 5.97 Å². The lowest BCUT2D eigenvalue weighted by atomic mass is 9.95.